The maximum atomic E-state index is 12.0. The van der Waals surface area contributed by atoms with Crippen molar-refractivity contribution in [1.82, 2.24) is 8.75 Å². The van der Waals surface area contributed by atoms with Crippen LogP contribution in [0.1, 0.15) is 19.4 Å². The summed E-state index contributed by atoms with van der Waals surface area (Å²) < 4.78 is 14.5. The van der Waals surface area contributed by atoms with Gasteiger partial charge in [-0.1, -0.05) is 0 Å². The summed E-state index contributed by atoms with van der Waals surface area (Å²) >= 11 is 4.48. The minimum absolute atomic E-state index is 0.0472. The van der Waals surface area contributed by atoms with E-state index in [9.17, 15) is 4.79 Å². The first kappa shape index (κ1) is 11.8. The monoisotopic (exact) mass is 324 g/mol. The lowest BCUT2D eigenvalue weighted by Gasteiger charge is -2.17. The van der Waals surface area contributed by atoms with Gasteiger partial charge in [0.15, 0.2) is 5.60 Å². The highest BCUT2D eigenvalue weighted by Gasteiger charge is 2.41. The number of fused-ring (bicyclic) bond motifs is 1. The highest BCUT2D eigenvalue weighted by atomic mass is 79.9. The molecule has 6 heteroatoms. The summed E-state index contributed by atoms with van der Waals surface area (Å²) in [6, 6.07) is 5.64. The van der Waals surface area contributed by atoms with Crippen LogP contribution < -0.4 is 0 Å². The molecule has 0 spiro atoms. The smallest absolute Gasteiger partial charge is 0.216 e. The molecule has 92 valence electrons. The molecule has 2 aromatic rings. The van der Waals surface area contributed by atoms with E-state index in [1.54, 1.807) is 13.8 Å². The average Bonchev–Trinajstić information content (AvgIpc) is 2.87. The second kappa shape index (κ2) is 3.86. The van der Waals surface area contributed by atoms with Crippen LogP contribution in [-0.2, 0) is 9.53 Å². The van der Waals surface area contributed by atoms with Crippen molar-refractivity contribution in [2.75, 3.05) is 0 Å². The van der Waals surface area contributed by atoms with Crippen LogP contribution in [0.25, 0.3) is 16.8 Å². The number of hydrogen-bond acceptors (Lipinski definition) is 5. The quantitative estimate of drug-likeness (QED) is 0.808. The van der Waals surface area contributed by atoms with Crippen molar-refractivity contribution in [3.8, 4) is 0 Å². The molecule has 1 aliphatic rings. The molecular formula is C12H9BrN2O2S. The summed E-state index contributed by atoms with van der Waals surface area (Å²) in [4.78, 5) is 12.0. The van der Waals surface area contributed by atoms with E-state index in [1.807, 2.05) is 18.2 Å². The van der Waals surface area contributed by atoms with Gasteiger partial charge in [0.25, 0.3) is 0 Å². The number of aromatic nitrogens is 2. The standard InChI is InChI=1S/C12H9BrN2O2S/c1-12(2)11(16)9(13)10(17-12)6-3-4-7-8(5-6)15-18-14-7/h3-5H,1-2H3. The molecule has 1 aromatic heterocycles. The Balaban J connectivity index is 2.12. The van der Waals surface area contributed by atoms with Gasteiger partial charge in [-0.15, -0.1) is 0 Å². The Bertz CT molecular complexity index is 690. The van der Waals surface area contributed by atoms with E-state index in [4.69, 9.17) is 4.74 Å². The highest BCUT2D eigenvalue weighted by molar-refractivity contribution is 9.12. The zero-order valence-corrected chi connectivity index (χ0v) is 12.1. The second-order valence-electron chi connectivity index (χ2n) is 4.55. The minimum atomic E-state index is -0.816. The third-order valence-electron chi connectivity index (χ3n) is 2.82. The van der Waals surface area contributed by atoms with E-state index in [2.05, 4.69) is 24.7 Å². The van der Waals surface area contributed by atoms with Gasteiger partial charge in [-0.2, -0.15) is 8.75 Å². The largest absolute Gasteiger partial charge is 0.478 e. The second-order valence-corrected chi connectivity index (χ2v) is 5.87. The Morgan fingerprint density at radius 2 is 2.00 bits per heavy atom. The molecule has 0 atom stereocenters. The first-order chi connectivity index (χ1) is 8.49. The number of halogens is 1. The predicted octanol–water partition coefficient (Wildman–Crippen LogP) is 3.13. The van der Waals surface area contributed by atoms with Gasteiger partial charge in [-0.05, 0) is 48.0 Å². The van der Waals surface area contributed by atoms with Gasteiger partial charge in [0.2, 0.25) is 5.78 Å². The number of ketones is 1. The molecule has 1 aliphatic heterocycles. The number of nitrogens with zero attached hydrogens (tertiary/aromatic N) is 2. The molecule has 0 fully saturated rings. The van der Waals surface area contributed by atoms with E-state index in [0.29, 0.717) is 10.2 Å². The van der Waals surface area contributed by atoms with Gasteiger partial charge in [0.05, 0.1) is 11.7 Å². The molecule has 2 heterocycles. The molecule has 0 radical (unpaired) electrons. The Morgan fingerprint density at radius 1 is 1.28 bits per heavy atom. The summed E-state index contributed by atoms with van der Waals surface area (Å²) in [5.41, 5.74) is 1.68. The fraction of sp³-hybridized carbons (Fsp3) is 0.250. The normalized spacial score (nSPS) is 18.5. The van der Waals surface area contributed by atoms with Crippen molar-refractivity contribution in [2.45, 2.75) is 19.4 Å². The highest BCUT2D eigenvalue weighted by Crippen LogP contribution is 2.39. The molecular weight excluding hydrogens is 316 g/mol. The Kier molecular flexibility index (Phi) is 2.53. The van der Waals surface area contributed by atoms with Gasteiger partial charge in [0.1, 0.15) is 21.3 Å². The maximum Gasteiger partial charge on any atom is 0.216 e. The Morgan fingerprint density at radius 3 is 2.67 bits per heavy atom. The van der Waals surface area contributed by atoms with Crippen molar-refractivity contribution < 1.29 is 9.53 Å². The third kappa shape index (κ3) is 1.67. The van der Waals surface area contributed by atoms with E-state index in [-0.39, 0.29) is 5.78 Å². The summed E-state index contributed by atoms with van der Waals surface area (Å²) in [5.74, 6) is 0.522. The van der Waals surface area contributed by atoms with Crippen LogP contribution >= 0.6 is 27.7 Å². The lowest BCUT2D eigenvalue weighted by molar-refractivity contribution is -0.125. The zero-order chi connectivity index (χ0) is 12.9. The van der Waals surface area contributed by atoms with Gasteiger partial charge in [-0.3, -0.25) is 4.79 Å². The van der Waals surface area contributed by atoms with E-state index >= 15 is 0 Å². The molecule has 0 N–H and O–H groups in total. The number of rotatable bonds is 1. The zero-order valence-electron chi connectivity index (χ0n) is 9.73. The fourth-order valence-corrected chi connectivity index (χ4v) is 3.13. The van der Waals surface area contributed by atoms with Crippen LogP contribution in [0.4, 0.5) is 0 Å². The Hall–Kier alpha value is -1.27. The first-order valence-corrected chi connectivity index (χ1v) is 6.88. The van der Waals surface area contributed by atoms with Crippen molar-refractivity contribution >= 4 is 50.2 Å². The van der Waals surface area contributed by atoms with Crippen LogP contribution in [0.5, 0.6) is 0 Å². The van der Waals surface area contributed by atoms with E-state index in [1.165, 1.54) is 11.7 Å². The molecule has 0 unspecified atom stereocenters. The van der Waals surface area contributed by atoms with E-state index < -0.39 is 5.60 Å². The molecule has 3 rings (SSSR count). The molecule has 18 heavy (non-hydrogen) atoms. The molecule has 0 saturated carbocycles. The number of ether oxygens (including phenoxy) is 1. The van der Waals surface area contributed by atoms with Crippen LogP contribution in [0, 0.1) is 0 Å². The van der Waals surface area contributed by atoms with Gasteiger partial charge >= 0.3 is 0 Å². The SMILES string of the molecule is CC1(C)OC(c2ccc3nsnc3c2)=C(Br)C1=O. The van der Waals surface area contributed by atoms with Crippen LogP contribution in [0.2, 0.25) is 0 Å². The summed E-state index contributed by atoms with van der Waals surface area (Å²) in [7, 11) is 0. The first-order valence-electron chi connectivity index (χ1n) is 5.35. The number of benzene rings is 1. The number of Topliss-reactive ketones (excluding diaryl/α,β-unsaturated/α-hetero) is 1. The van der Waals surface area contributed by atoms with Gasteiger partial charge < -0.3 is 4.74 Å². The Labute approximate surface area is 116 Å². The van der Waals surface area contributed by atoms with Crippen molar-refractivity contribution in [3.05, 3.63) is 28.2 Å². The molecule has 0 amide bonds. The lowest BCUT2D eigenvalue weighted by atomic mass is 10.1. The topological polar surface area (TPSA) is 52.1 Å². The summed E-state index contributed by atoms with van der Waals surface area (Å²) in [6.07, 6.45) is 0. The number of carbonyl (C=O) groups is 1. The van der Waals surface area contributed by atoms with Crippen LogP contribution in [-0.4, -0.2) is 20.1 Å². The van der Waals surface area contributed by atoms with Gasteiger partial charge in [0, 0.05) is 5.56 Å². The van der Waals surface area contributed by atoms with Gasteiger partial charge in [-0.25, -0.2) is 0 Å². The molecule has 0 saturated heterocycles. The molecule has 1 aromatic carbocycles. The number of hydrogen-bond donors (Lipinski definition) is 0. The maximum absolute atomic E-state index is 12.0. The van der Waals surface area contributed by atoms with Crippen molar-refractivity contribution in [1.29, 1.82) is 0 Å². The summed E-state index contributed by atoms with van der Waals surface area (Å²) in [5, 5.41) is 0. The number of carbonyl (C=O) groups excluding carboxylic acids is 1. The molecule has 0 aliphatic carbocycles. The average molecular weight is 325 g/mol. The third-order valence-corrected chi connectivity index (χ3v) is 4.10. The molecule has 4 nitrogen and oxygen atoms in total. The van der Waals surface area contributed by atoms with Crippen LogP contribution in [0.3, 0.4) is 0 Å². The van der Waals surface area contributed by atoms with Crippen molar-refractivity contribution in [3.63, 3.8) is 0 Å². The summed E-state index contributed by atoms with van der Waals surface area (Å²) in [6.45, 7) is 3.51. The molecule has 0 bridgehead atoms. The van der Waals surface area contributed by atoms with Crippen molar-refractivity contribution in [2.24, 2.45) is 0 Å². The van der Waals surface area contributed by atoms with E-state index in [0.717, 1.165) is 16.6 Å². The minimum Gasteiger partial charge on any atom is -0.478 e. The van der Waals surface area contributed by atoms with Crippen LogP contribution in [0.15, 0.2) is 22.7 Å². The predicted molar refractivity (Wildman–Crippen MR) is 73.4 cm³/mol. The fourth-order valence-electron chi connectivity index (χ4n) is 1.82. The lowest BCUT2D eigenvalue weighted by Crippen LogP contribution is -2.28.